The van der Waals surface area contributed by atoms with Crippen LogP contribution in [0.1, 0.15) is 0 Å². The summed E-state index contributed by atoms with van der Waals surface area (Å²) in [6.45, 7) is 0. The molecule has 0 aliphatic heterocycles. The summed E-state index contributed by atoms with van der Waals surface area (Å²) in [5.41, 5.74) is 8.49. The number of hydrogen-bond donors (Lipinski definition) is 1. The van der Waals surface area contributed by atoms with E-state index < -0.39 is 0 Å². The van der Waals surface area contributed by atoms with Gasteiger partial charge in [-0.25, -0.2) is 9.50 Å². The highest BCUT2D eigenvalue weighted by Gasteiger charge is 2.04. The summed E-state index contributed by atoms with van der Waals surface area (Å²) in [4.78, 5) is 4.29. The Morgan fingerprint density at radius 2 is 1.88 bits per heavy atom. The number of nitrogens with two attached hydrogens (primary N) is 1. The van der Waals surface area contributed by atoms with Gasteiger partial charge in [0, 0.05) is 0 Å². The quantitative estimate of drug-likeness (QED) is 0.668. The molecular formula is C12H10N4. The van der Waals surface area contributed by atoms with Gasteiger partial charge in [-0.15, -0.1) is 0 Å². The number of nitrogens with zero attached hydrogens (tertiary/aromatic N) is 3. The van der Waals surface area contributed by atoms with E-state index in [0.717, 1.165) is 16.9 Å². The standard InChI is InChI=1S/C12H10N4/c13-12-6-2-4-10(15-12)11-5-1-3-9-7-8-14-16(9)11/h1-8H,(H2,13,15). The zero-order valence-corrected chi connectivity index (χ0v) is 8.54. The Morgan fingerprint density at radius 3 is 2.75 bits per heavy atom. The molecule has 0 fully saturated rings. The molecule has 0 bridgehead atoms. The second-order valence-corrected chi connectivity index (χ2v) is 3.53. The Balaban J connectivity index is 2.29. The summed E-state index contributed by atoms with van der Waals surface area (Å²) in [6, 6.07) is 13.5. The predicted molar refractivity (Wildman–Crippen MR) is 62.8 cm³/mol. The van der Waals surface area contributed by atoms with Crippen LogP contribution in [0.3, 0.4) is 0 Å². The molecule has 0 aliphatic rings. The van der Waals surface area contributed by atoms with Crippen molar-refractivity contribution in [2.45, 2.75) is 0 Å². The lowest BCUT2D eigenvalue weighted by molar-refractivity contribution is 0.963. The molecule has 0 spiro atoms. The third-order valence-electron chi connectivity index (χ3n) is 2.45. The molecule has 0 aliphatic carbocycles. The Bertz CT molecular complexity index is 642. The first-order chi connectivity index (χ1) is 7.84. The molecule has 0 aromatic carbocycles. The molecular weight excluding hydrogens is 200 g/mol. The summed E-state index contributed by atoms with van der Waals surface area (Å²) in [7, 11) is 0. The third kappa shape index (κ3) is 1.32. The fourth-order valence-electron chi connectivity index (χ4n) is 1.74. The van der Waals surface area contributed by atoms with Crippen LogP contribution < -0.4 is 5.73 Å². The maximum Gasteiger partial charge on any atom is 0.124 e. The van der Waals surface area contributed by atoms with Gasteiger partial charge in [0.2, 0.25) is 0 Å². The van der Waals surface area contributed by atoms with Crippen LogP contribution in [0.5, 0.6) is 0 Å². The monoisotopic (exact) mass is 210 g/mol. The third-order valence-corrected chi connectivity index (χ3v) is 2.45. The summed E-state index contributed by atoms with van der Waals surface area (Å²) >= 11 is 0. The van der Waals surface area contributed by atoms with Crippen molar-refractivity contribution < 1.29 is 0 Å². The number of pyridine rings is 2. The van der Waals surface area contributed by atoms with Crippen molar-refractivity contribution in [2.24, 2.45) is 0 Å². The summed E-state index contributed by atoms with van der Waals surface area (Å²) in [5, 5.41) is 4.26. The summed E-state index contributed by atoms with van der Waals surface area (Å²) < 4.78 is 1.85. The largest absolute Gasteiger partial charge is 0.384 e. The Morgan fingerprint density at radius 1 is 1.00 bits per heavy atom. The molecule has 4 heteroatoms. The summed E-state index contributed by atoms with van der Waals surface area (Å²) in [6.07, 6.45) is 1.77. The van der Waals surface area contributed by atoms with E-state index in [4.69, 9.17) is 5.73 Å². The maximum atomic E-state index is 5.67. The van der Waals surface area contributed by atoms with Gasteiger partial charge in [0.15, 0.2) is 0 Å². The molecule has 3 aromatic heterocycles. The molecule has 3 aromatic rings. The molecule has 0 saturated carbocycles. The molecule has 0 unspecified atom stereocenters. The van der Waals surface area contributed by atoms with Crippen LogP contribution in [0.15, 0.2) is 48.7 Å². The van der Waals surface area contributed by atoms with E-state index in [1.165, 1.54) is 0 Å². The number of fused-ring (bicyclic) bond motifs is 1. The molecule has 78 valence electrons. The molecule has 0 amide bonds. The van der Waals surface area contributed by atoms with E-state index in [-0.39, 0.29) is 0 Å². The van der Waals surface area contributed by atoms with Gasteiger partial charge in [-0.1, -0.05) is 12.1 Å². The van der Waals surface area contributed by atoms with Crippen LogP contribution in [-0.2, 0) is 0 Å². The topological polar surface area (TPSA) is 56.2 Å². The molecule has 0 radical (unpaired) electrons. The smallest absolute Gasteiger partial charge is 0.124 e. The minimum Gasteiger partial charge on any atom is -0.384 e. The minimum absolute atomic E-state index is 0.515. The Hall–Kier alpha value is -2.36. The highest BCUT2D eigenvalue weighted by molar-refractivity contribution is 5.62. The molecule has 4 nitrogen and oxygen atoms in total. The van der Waals surface area contributed by atoms with Gasteiger partial charge in [-0.3, -0.25) is 0 Å². The molecule has 3 heterocycles. The molecule has 0 saturated heterocycles. The van der Waals surface area contributed by atoms with Crippen LogP contribution in [0.4, 0.5) is 5.82 Å². The van der Waals surface area contributed by atoms with Crippen molar-refractivity contribution in [3.8, 4) is 11.4 Å². The average Bonchev–Trinajstić information content (AvgIpc) is 2.76. The van der Waals surface area contributed by atoms with Crippen LogP contribution in [-0.4, -0.2) is 14.6 Å². The lowest BCUT2D eigenvalue weighted by Crippen LogP contribution is -1.97. The maximum absolute atomic E-state index is 5.67. The number of hydrogen-bond acceptors (Lipinski definition) is 3. The van der Waals surface area contributed by atoms with Gasteiger partial charge >= 0.3 is 0 Å². The van der Waals surface area contributed by atoms with Gasteiger partial charge in [0.05, 0.1) is 23.1 Å². The van der Waals surface area contributed by atoms with Crippen LogP contribution in [0.2, 0.25) is 0 Å². The van der Waals surface area contributed by atoms with Crippen molar-refractivity contribution in [1.29, 1.82) is 0 Å². The lowest BCUT2D eigenvalue weighted by Gasteiger charge is -2.04. The molecule has 16 heavy (non-hydrogen) atoms. The number of nitrogen functional groups attached to an aromatic ring is 1. The van der Waals surface area contributed by atoms with E-state index in [2.05, 4.69) is 10.1 Å². The van der Waals surface area contributed by atoms with E-state index >= 15 is 0 Å². The van der Waals surface area contributed by atoms with E-state index in [9.17, 15) is 0 Å². The SMILES string of the molecule is Nc1cccc(-c2cccc3ccnn23)n1. The summed E-state index contributed by atoms with van der Waals surface area (Å²) in [5.74, 6) is 0.515. The minimum atomic E-state index is 0.515. The number of aromatic nitrogens is 3. The Labute approximate surface area is 92.4 Å². The molecule has 0 atom stereocenters. The first kappa shape index (κ1) is 8.91. The predicted octanol–water partition coefficient (Wildman–Crippen LogP) is 1.98. The van der Waals surface area contributed by atoms with Gasteiger partial charge < -0.3 is 5.73 Å². The fourth-order valence-corrected chi connectivity index (χ4v) is 1.74. The van der Waals surface area contributed by atoms with Gasteiger partial charge in [-0.2, -0.15) is 5.10 Å². The van der Waals surface area contributed by atoms with Gasteiger partial charge in [-0.05, 0) is 30.3 Å². The normalized spacial score (nSPS) is 10.8. The van der Waals surface area contributed by atoms with Crippen LogP contribution in [0.25, 0.3) is 16.9 Å². The van der Waals surface area contributed by atoms with Crippen molar-refractivity contribution in [1.82, 2.24) is 14.6 Å². The van der Waals surface area contributed by atoms with Gasteiger partial charge in [0.25, 0.3) is 0 Å². The molecule has 3 rings (SSSR count). The van der Waals surface area contributed by atoms with Crippen molar-refractivity contribution >= 4 is 11.3 Å². The van der Waals surface area contributed by atoms with Crippen molar-refractivity contribution in [2.75, 3.05) is 5.73 Å². The highest BCUT2D eigenvalue weighted by atomic mass is 15.2. The number of anilines is 1. The second-order valence-electron chi connectivity index (χ2n) is 3.53. The van der Waals surface area contributed by atoms with Crippen molar-refractivity contribution in [3.05, 3.63) is 48.7 Å². The first-order valence-corrected chi connectivity index (χ1v) is 5.00. The van der Waals surface area contributed by atoms with E-state index in [0.29, 0.717) is 5.82 Å². The lowest BCUT2D eigenvalue weighted by atomic mass is 10.2. The number of rotatable bonds is 1. The first-order valence-electron chi connectivity index (χ1n) is 5.00. The average molecular weight is 210 g/mol. The van der Waals surface area contributed by atoms with Crippen LogP contribution in [0, 0.1) is 0 Å². The van der Waals surface area contributed by atoms with Gasteiger partial charge in [0.1, 0.15) is 5.82 Å². The highest BCUT2D eigenvalue weighted by Crippen LogP contribution is 2.18. The van der Waals surface area contributed by atoms with E-state index in [1.54, 1.807) is 12.3 Å². The zero-order valence-electron chi connectivity index (χ0n) is 8.54. The fraction of sp³-hybridized carbons (Fsp3) is 0. The zero-order chi connectivity index (χ0) is 11.0. The van der Waals surface area contributed by atoms with Crippen LogP contribution >= 0.6 is 0 Å². The Kier molecular flexibility index (Phi) is 1.86. The molecule has 2 N–H and O–H groups in total. The van der Waals surface area contributed by atoms with Crippen molar-refractivity contribution in [3.63, 3.8) is 0 Å². The second kappa shape index (κ2) is 3.34. The van der Waals surface area contributed by atoms with E-state index in [1.807, 2.05) is 40.9 Å².